The summed E-state index contributed by atoms with van der Waals surface area (Å²) in [6, 6.07) is 0. The molecule has 2 heterocycles. The lowest BCUT2D eigenvalue weighted by Gasteiger charge is -2.09. The number of rotatable bonds is 3. The van der Waals surface area contributed by atoms with Crippen molar-refractivity contribution in [2.45, 2.75) is 26.7 Å². The Morgan fingerprint density at radius 2 is 2.05 bits per heavy atom. The molecule has 0 aliphatic heterocycles. The van der Waals surface area contributed by atoms with Crippen molar-refractivity contribution in [2.24, 2.45) is 0 Å². The summed E-state index contributed by atoms with van der Waals surface area (Å²) in [6.07, 6.45) is 3.22. The van der Waals surface area contributed by atoms with Crippen LogP contribution in [0.5, 0.6) is 0 Å². The fourth-order valence-electron chi connectivity index (χ4n) is 1.64. The highest BCUT2D eigenvalue weighted by atomic mass is 32.1. The average molecular weight is 277 g/mol. The summed E-state index contributed by atoms with van der Waals surface area (Å²) in [5, 5.41) is 0.691. The molecular weight excluding hydrogens is 262 g/mol. The van der Waals surface area contributed by atoms with Gasteiger partial charge in [-0.25, -0.2) is 14.8 Å². The van der Waals surface area contributed by atoms with E-state index in [2.05, 4.69) is 33.5 Å². The summed E-state index contributed by atoms with van der Waals surface area (Å²) in [7, 11) is 1.35. The molecular formula is C13H15N3O2S. The van der Waals surface area contributed by atoms with Crippen LogP contribution in [0.3, 0.4) is 0 Å². The van der Waals surface area contributed by atoms with Gasteiger partial charge in [-0.15, -0.1) is 11.3 Å². The van der Waals surface area contributed by atoms with E-state index >= 15 is 0 Å². The molecule has 6 heteroatoms. The monoisotopic (exact) mass is 277 g/mol. The Bertz CT molecular complexity index is 608. The van der Waals surface area contributed by atoms with Gasteiger partial charge in [0.05, 0.1) is 24.7 Å². The van der Waals surface area contributed by atoms with E-state index in [0.717, 1.165) is 17.1 Å². The van der Waals surface area contributed by atoms with Gasteiger partial charge in [-0.3, -0.25) is 4.98 Å². The van der Waals surface area contributed by atoms with Crippen molar-refractivity contribution in [1.82, 2.24) is 15.0 Å². The molecule has 0 aromatic carbocycles. The van der Waals surface area contributed by atoms with Crippen LogP contribution in [0.15, 0.2) is 12.4 Å². The number of hydrogen-bond donors (Lipinski definition) is 0. The number of esters is 1. The molecule has 0 N–H and O–H groups in total. The highest BCUT2D eigenvalue weighted by Gasteiger charge is 2.17. The number of methoxy groups -OCH3 is 1. The molecule has 2 aromatic heterocycles. The maximum Gasteiger partial charge on any atom is 0.349 e. The SMILES string of the molecule is COC(=O)c1cnc(-c2ncc(C)nc2C(C)C)s1. The van der Waals surface area contributed by atoms with Crippen molar-refractivity contribution in [1.29, 1.82) is 0 Å². The normalized spacial score (nSPS) is 10.8. The van der Waals surface area contributed by atoms with Crippen LogP contribution in [0.1, 0.15) is 40.8 Å². The maximum absolute atomic E-state index is 11.4. The predicted molar refractivity (Wildman–Crippen MR) is 73.3 cm³/mol. The van der Waals surface area contributed by atoms with Gasteiger partial charge in [-0.1, -0.05) is 13.8 Å². The van der Waals surface area contributed by atoms with Gasteiger partial charge in [0.15, 0.2) is 0 Å². The van der Waals surface area contributed by atoms with Gasteiger partial charge in [-0.2, -0.15) is 0 Å². The van der Waals surface area contributed by atoms with Crippen LogP contribution in [0, 0.1) is 6.92 Å². The Balaban J connectivity index is 2.47. The summed E-state index contributed by atoms with van der Waals surface area (Å²) >= 11 is 1.27. The average Bonchev–Trinajstić information content (AvgIpc) is 2.87. The molecule has 0 aliphatic carbocycles. The fraction of sp³-hybridized carbons (Fsp3) is 0.385. The highest BCUT2D eigenvalue weighted by Crippen LogP contribution is 2.29. The van der Waals surface area contributed by atoms with E-state index in [1.807, 2.05) is 6.92 Å². The molecule has 5 nitrogen and oxygen atoms in total. The van der Waals surface area contributed by atoms with E-state index in [4.69, 9.17) is 0 Å². The van der Waals surface area contributed by atoms with Gasteiger partial charge in [0.25, 0.3) is 0 Å². The summed E-state index contributed by atoms with van der Waals surface area (Å²) in [5.41, 5.74) is 2.50. The van der Waals surface area contributed by atoms with Crippen molar-refractivity contribution in [3.8, 4) is 10.7 Å². The minimum Gasteiger partial charge on any atom is -0.465 e. The fourth-order valence-corrected chi connectivity index (χ4v) is 2.48. The molecule has 19 heavy (non-hydrogen) atoms. The Labute approximate surface area is 115 Å². The minimum atomic E-state index is -0.380. The number of carbonyl (C=O) groups excluding carboxylic acids is 1. The first-order valence-electron chi connectivity index (χ1n) is 5.91. The van der Waals surface area contributed by atoms with Crippen molar-refractivity contribution in [3.05, 3.63) is 28.7 Å². The van der Waals surface area contributed by atoms with Gasteiger partial charge in [0, 0.05) is 6.20 Å². The number of hydrogen-bond acceptors (Lipinski definition) is 6. The number of aromatic nitrogens is 3. The molecule has 2 aromatic rings. The van der Waals surface area contributed by atoms with E-state index in [1.165, 1.54) is 24.6 Å². The number of ether oxygens (including phenoxy) is 1. The van der Waals surface area contributed by atoms with E-state index < -0.39 is 0 Å². The lowest BCUT2D eigenvalue weighted by molar-refractivity contribution is 0.0606. The first-order chi connectivity index (χ1) is 9.02. The Morgan fingerprint density at radius 1 is 1.32 bits per heavy atom. The third-order valence-corrected chi connectivity index (χ3v) is 3.55. The predicted octanol–water partition coefficient (Wildman–Crippen LogP) is 2.82. The zero-order valence-corrected chi connectivity index (χ0v) is 12.1. The highest BCUT2D eigenvalue weighted by molar-refractivity contribution is 7.16. The molecule has 0 amide bonds. The van der Waals surface area contributed by atoms with Crippen LogP contribution >= 0.6 is 11.3 Å². The molecule has 2 rings (SSSR count). The Morgan fingerprint density at radius 3 is 2.68 bits per heavy atom. The molecule has 0 bridgehead atoms. The van der Waals surface area contributed by atoms with E-state index in [9.17, 15) is 4.79 Å². The second-order valence-electron chi connectivity index (χ2n) is 4.42. The van der Waals surface area contributed by atoms with Crippen LogP contribution in [-0.4, -0.2) is 28.0 Å². The maximum atomic E-state index is 11.4. The van der Waals surface area contributed by atoms with Crippen molar-refractivity contribution >= 4 is 17.3 Å². The van der Waals surface area contributed by atoms with Gasteiger partial charge in [-0.05, 0) is 12.8 Å². The first kappa shape index (κ1) is 13.6. The van der Waals surface area contributed by atoms with Crippen LogP contribution < -0.4 is 0 Å². The number of carbonyl (C=O) groups is 1. The van der Waals surface area contributed by atoms with Gasteiger partial charge < -0.3 is 4.74 Å². The summed E-state index contributed by atoms with van der Waals surface area (Å²) in [5.74, 6) is -0.136. The number of nitrogens with zero attached hydrogens (tertiary/aromatic N) is 3. The van der Waals surface area contributed by atoms with Gasteiger partial charge in [0.2, 0.25) is 0 Å². The first-order valence-corrected chi connectivity index (χ1v) is 6.72. The third kappa shape index (κ3) is 2.78. The standard InChI is InChI=1S/C13H15N3O2S/c1-7(2)10-11(14-5-8(3)16-10)12-15-6-9(19-12)13(17)18-4/h5-7H,1-4H3. The molecule has 0 unspecified atom stereocenters. The lowest BCUT2D eigenvalue weighted by atomic mass is 10.1. The molecule has 0 aliphatic rings. The minimum absolute atomic E-state index is 0.243. The van der Waals surface area contributed by atoms with Gasteiger partial charge in [0.1, 0.15) is 15.6 Å². The molecule has 0 radical (unpaired) electrons. The molecule has 0 saturated carbocycles. The smallest absolute Gasteiger partial charge is 0.349 e. The topological polar surface area (TPSA) is 65.0 Å². The van der Waals surface area contributed by atoms with Gasteiger partial charge >= 0.3 is 5.97 Å². The third-order valence-electron chi connectivity index (χ3n) is 2.56. The molecule has 0 saturated heterocycles. The van der Waals surface area contributed by atoms with Crippen molar-refractivity contribution in [2.75, 3.05) is 7.11 Å². The summed E-state index contributed by atoms with van der Waals surface area (Å²) in [6.45, 7) is 6.02. The summed E-state index contributed by atoms with van der Waals surface area (Å²) < 4.78 is 4.68. The zero-order valence-electron chi connectivity index (χ0n) is 11.3. The lowest BCUT2D eigenvalue weighted by Crippen LogP contribution is -2.01. The molecule has 0 fully saturated rings. The quantitative estimate of drug-likeness (QED) is 0.807. The van der Waals surface area contributed by atoms with Crippen LogP contribution in [0.2, 0.25) is 0 Å². The van der Waals surface area contributed by atoms with E-state index in [0.29, 0.717) is 9.88 Å². The van der Waals surface area contributed by atoms with E-state index in [-0.39, 0.29) is 11.9 Å². The second kappa shape index (κ2) is 5.44. The largest absolute Gasteiger partial charge is 0.465 e. The van der Waals surface area contributed by atoms with Crippen molar-refractivity contribution < 1.29 is 9.53 Å². The number of thiazole rings is 1. The Kier molecular flexibility index (Phi) is 3.90. The number of aryl methyl sites for hydroxylation is 1. The Hall–Kier alpha value is -1.82. The molecule has 0 atom stereocenters. The molecule has 0 spiro atoms. The van der Waals surface area contributed by atoms with Crippen LogP contribution in [0.25, 0.3) is 10.7 Å². The van der Waals surface area contributed by atoms with E-state index in [1.54, 1.807) is 6.20 Å². The second-order valence-corrected chi connectivity index (χ2v) is 5.45. The van der Waals surface area contributed by atoms with Crippen molar-refractivity contribution in [3.63, 3.8) is 0 Å². The van der Waals surface area contributed by atoms with Crippen LogP contribution in [-0.2, 0) is 4.74 Å². The summed E-state index contributed by atoms with van der Waals surface area (Å²) in [4.78, 5) is 25.1. The van der Waals surface area contributed by atoms with Crippen LogP contribution in [0.4, 0.5) is 0 Å². The zero-order chi connectivity index (χ0) is 14.0. The molecule has 100 valence electrons.